The number of carboxylic acid groups (broad SMARTS) is 1. The first-order chi connectivity index (χ1) is 10.0. The Morgan fingerprint density at radius 3 is 2.33 bits per heavy atom. The summed E-state index contributed by atoms with van der Waals surface area (Å²) >= 11 is 0. The molecule has 6 nitrogen and oxygen atoms in total. The number of carbonyl (C=O) groups is 2. The summed E-state index contributed by atoms with van der Waals surface area (Å²) in [6.07, 6.45) is -2.09. The summed E-state index contributed by atoms with van der Waals surface area (Å²) in [6.45, 7) is 1.91. The van der Waals surface area contributed by atoms with Crippen molar-refractivity contribution in [2.24, 2.45) is 0 Å². The van der Waals surface area contributed by atoms with Gasteiger partial charge in [-0.15, -0.1) is 0 Å². The number of hydrogen-bond donors (Lipinski definition) is 2. The van der Waals surface area contributed by atoms with Crippen molar-refractivity contribution in [3.8, 4) is 5.75 Å². The zero-order valence-electron chi connectivity index (χ0n) is 11.3. The number of anilines is 2. The molecule has 0 bridgehead atoms. The molecule has 2 amide bonds. The molecule has 108 valence electrons. The lowest BCUT2D eigenvalue weighted by atomic mass is 10.2. The van der Waals surface area contributed by atoms with Crippen LogP contribution in [0.2, 0.25) is 0 Å². The summed E-state index contributed by atoms with van der Waals surface area (Å²) < 4.78 is 5.08. The SMILES string of the molecule is Cc1cccc(NC(=O)Oc2cccc(NC(=O)[O-])c2)c1. The molecule has 0 saturated heterocycles. The Morgan fingerprint density at radius 1 is 1.00 bits per heavy atom. The highest BCUT2D eigenvalue weighted by Gasteiger charge is 2.06. The largest absolute Gasteiger partial charge is 0.530 e. The third kappa shape index (κ3) is 4.54. The molecule has 2 aromatic rings. The van der Waals surface area contributed by atoms with Crippen molar-refractivity contribution in [1.29, 1.82) is 0 Å². The smallest absolute Gasteiger partial charge is 0.417 e. The van der Waals surface area contributed by atoms with Crippen molar-refractivity contribution < 1.29 is 19.4 Å². The van der Waals surface area contributed by atoms with Crippen LogP contribution in [-0.2, 0) is 0 Å². The van der Waals surface area contributed by atoms with Gasteiger partial charge in [0.2, 0.25) is 0 Å². The summed E-state index contributed by atoms with van der Waals surface area (Å²) in [7, 11) is 0. The van der Waals surface area contributed by atoms with Gasteiger partial charge in [0.1, 0.15) is 11.8 Å². The predicted octanol–water partition coefficient (Wildman–Crippen LogP) is 2.36. The molecule has 2 aromatic carbocycles. The molecule has 0 saturated carbocycles. The molecule has 21 heavy (non-hydrogen) atoms. The second-order valence-electron chi connectivity index (χ2n) is 4.32. The molecule has 2 rings (SSSR count). The molecule has 0 aliphatic carbocycles. The summed E-state index contributed by atoms with van der Waals surface area (Å²) in [5, 5.41) is 15.1. The molecule has 0 atom stereocenters. The fourth-order valence-corrected chi connectivity index (χ4v) is 1.73. The van der Waals surface area contributed by atoms with Gasteiger partial charge in [-0.2, -0.15) is 0 Å². The van der Waals surface area contributed by atoms with Gasteiger partial charge in [0.05, 0.1) is 0 Å². The standard InChI is InChI=1S/C15H14N2O4/c1-10-4-2-5-11(8-10)17-15(20)21-13-7-3-6-12(9-13)16-14(18)19/h2-9,16H,1H3,(H,17,20)(H,18,19)/p-1. The van der Waals surface area contributed by atoms with E-state index >= 15 is 0 Å². The number of ether oxygens (including phenoxy) is 1. The van der Waals surface area contributed by atoms with Crippen LogP contribution in [-0.4, -0.2) is 12.2 Å². The molecular weight excluding hydrogens is 272 g/mol. The maximum Gasteiger partial charge on any atom is 0.417 e. The molecule has 0 aliphatic heterocycles. The topological polar surface area (TPSA) is 90.5 Å². The Bertz CT molecular complexity index is 670. The van der Waals surface area contributed by atoms with Crippen LogP contribution in [0.4, 0.5) is 21.0 Å². The third-order valence-corrected chi connectivity index (χ3v) is 2.56. The van der Waals surface area contributed by atoms with Crippen LogP contribution in [0.3, 0.4) is 0 Å². The Hall–Kier alpha value is -3.02. The molecule has 0 spiro atoms. The molecule has 0 fully saturated rings. The van der Waals surface area contributed by atoms with E-state index in [1.165, 1.54) is 18.2 Å². The minimum Gasteiger partial charge on any atom is -0.530 e. The van der Waals surface area contributed by atoms with Crippen LogP contribution in [0.1, 0.15) is 5.56 Å². The molecule has 0 aliphatic rings. The van der Waals surface area contributed by atoms with E-state index in [2.05, 4.69) is 10.6 Å². The summed E-state index contributed by atoms with van der Waals surface area (Å²) in [4.78, 5) is 22.2. The van der Waals surface area contributed by atoms with Gasteiger partial charge in [-0.05, 0) is 36.8 Å². The molecule has 0 unspecified atom stereocenters. The predicted molar refractivity (Wildman–Crippen MR) is 76.3 cm³/mol. The Labute approximate surface area is 121 Å². The number of aryl methyl sites for hydroxylation is 1. The minimum absolute atomic E-state index is 0.214. The zero-order chi connectivity index (χ0) is 15.2. The van der Waals surface area contributed by atoms with Crippen LogP contribution < -0.4 is 20.5 Å². The van der Waals surface area contributed by atoms with Gasteiger partial charge in [0.25, 0.3) is 0 Å². The lowest BCUT2D eigenvalue weighted by Gasteiger charge is -2.10. The third-order valence-electron chi connectivity index (χ3n) is 2.56. The number of benzene rings is 2. The maximum atomic E-state index is 11.7. The number of amides is 2. The number of rotatable bonds is 3. The van der Waals surface area contributed by atoms with Crippen LogP contribution in [0.25, 0.3) is 0 Å². The monoisotopic (exact) mass is 285 g/mol. The van der Waals surface area contributed by atoms with Gasteiger partial charge in [-0.1, -0.05) is 18.2 Å². The number of hydrogen-bond acceptors (Lipinski definition) is 4. The van der Waals surface area contributed by atoms with Gasteiger partial charge in [-0.3, -0.25) is 5.32 Å². The average Bonchev–Trinajstić information content (AvgIpc) is 2.37. The fraction of sp³-hybridized carbons (Fsp3) is 0.0667. The van der Waals surface area contributed by atoms with E-state index in [-0.39, 0.29) is 11.4 Å². The van der Waals surface area contributed by atoms with Crippen molar-refractivity contribution in [2.75, 3.05) is 10.6 Å². The second kappa shape index (κ2) is 6.42. The van der Waals surface area contributed by atoms with E-state index in [4.69, 9.17) is 4.74 Å². The molecule has 0 aromatic heterocycles. The quantitative estimate of drug-likeness (QED) is 0.905. The second-order valence-corrected chi connectivity index (χ2v) is 4.32. The maximum absolute atomic E-state index is 11.7. The molecule has 2 N–H and O–H groups in total. The van der Waals surface area contributed by atoms with Crippen molar-refractivity contribution in [1.82, 2.24) is 0 Å². The fourth-order valence-electron chi connectivity index (χ4n) is 1.73. The van der Waals surface area contributed by atoms with Crippen LogP contribution in [0.5, 0.6) is 5.75 Å². The first-order valence-electron chi connectivity index (χ1n) is 6.16. The highest BCUT2D eigenvalue weighted by molar-refractivity contribution is 5.87. The van der Waals surface area contributed by atoms with Crippen molar-refractivity contribution >= 4 is 23.6 Å². The van der Waals surface area contributed by atoms with Crippen LogP contribution >= 0.6 is 0 Å². The van der Waals surface area contributed by atoms with Crippen LogP contribution in [0.15, 0.2) is 48.5 Å². The first-order valence-corrected chi connectivity index (χ1v) is 6.16. The highest BCUT2D eigenvalue weighted by atomic mass is 16.6. The number of carbonyl (C=O) groups excluding carboxylic acids is 2. The van der Waals surface area contributed by atoms with Gasteiger partial charge in [-0.25, -0.2) is 4.79 Å². The van der Waals surface area contributed by atoms with Crippen LogP contribution in [0, 0.1) is 6.92 Å². The van der Waals surface area contributed by atoms with Crippen molar-refractivity contribution in [2.45, 2.75) is 6.92 Å². The first kappa shape index (κ1) is 14.4. The van der Waals surface area contributed by atoms with Crippen molar-refractivity contribution in [3.05, 3.63) is 54.1 Å². The van der Waals surface area contributed by atoms with E-state index in [1.54, 1.807) is 18.2 Å². The lowest BCUT2D eigenvalue weighted by Crippen LogP contribution is -2.28. The summed E-state index contributed by atoms with van der Waals surface area (Å²) in [6, 6.07) is 13.3. The van der Waals surface area contributed by atoms with Gasteiger partial charge in [0.15, 0.2) is 0 Å². The average molecular weight is 285 g/mol. The minimum atomic E-state index is -1.43. The van der Waals surface area contributed by atoms with E-state index < -0.39 is 12.2 Å². The van der Waals surface area contributed by atoms with E-state index in [9.17, 15) is 14.7 Å². The van der Waals surface area contributed by atoms with Gasteiger partial charge in [0, 0.05) is 17.4 Å². The highest BCUT2D eigenvalue weighted by Crippen LogP contribution is 2.18. The Balaban J connectivity index is 2.01. The van der Waals surface area contributed by atoms with Gasteiger partial charge >= 0.3 is 6.09 Å². The zero-order valence-corrected chi connectivity index (χ0v) is 11.3. The lowest BCUT2D eigenvalue weighted by molar-refractivity contribution is -0.242. The van der Waals surface area contributed by atoms with E-state index in [0.29, 0.717) is 5.69 Å². The van der Waals surface area contributed by atoms with Gasteiger partial charge < -0.3 is 20.0 Å². The van der Waals surface area contributed by atoms with E-state index in [1.807, 2.05) is 19.1 Å². The normalized spacial score (nSPS) is 9.76. The molecular formula is C15H13N2O4-. The molecule has 0 radical (unpaired) electrons. The molecule has 0 heterocycles. The summed E-state index contributed by atoms with van der Waals surface area (Å²) in [5.41, 5.74) is 1.88. The van der Waals surface area contributed by atoms with Crippen molar-refractivity contribution in [3.63, 3.8) is 0 Å². The Kier molecular flexibility index (Phi) is 4.40. The summed E-state index contributed by atoms with van der Waals surface area (Å²) in [5.74, 6) is 0.214. The molecule has 6 heteroatoms. The van der Waals surface area contributed by atoms with E-state index in [0.717, 1.165) is 5.56 Å². The Morgan fingerprint density at radius 2 is 1.67 bits per heavy atom. The number of nitrogens with one attached hydrogen (secondary N) is 2.